The van der Waals surface area contributed by atoms with Crippen LogP contribution in [-0.2, 0) is 6.54 Å². The first-order valence-corrected chi connectivity index (χ1v) is 7.91. The first-order valence-electron chi connectivity index (χ1n) is 5.99. The summed E-state index contributed by atoms with van der Waals surface area (Å²) in [5.41, 5.74) is -0.390. The highest BCUT2D eigenvalue weighted by Crippen LogP contribution is 2.31. The summed E-state index contributed by atoms with van der Waals surface area (Å²) in [6.07, 6.45) is 3.10. The lowest BCUT2D eigenvalue weighted by molar-refractivity contribution is -0.385. The minimum Gasteiger partial charge on any atom is -0.307 e. The molecule has 1 aromatic rings. The summed E-state index contributed by atoms with van der Waals surface area (Å²) in [5.74, 6) is 0. The Morgan fingerprint density at radius 3 is 2.42 bits per heavy atom. The van der Waals surface area contributed by atoms with Gasteiger partial charge in [-0.25, -0.2) is 0 Å². The Bertz CT molecular complexity index is 516. The van der Waals surface area contributed by atoms with Gasteiger partial charge < -0.3 is 4.57 Å². The van der Waals surface area contributed by atoms with Gasteiger partial charge in [-0.2, -0.15) is 0 Å². The highest BCUT2D eigenvalue weighted by molar-refractivity contribution is 9.10. The second-order valence-corrected chi connectivity index (χ2v) is 5.99. The lowest BCUT2D eigenvalue weighted by Gasteiger charge is -2.30. The third-order valence-corrected chi connectivity index (χ3v) is 5.29. The number of rotatable bonds is 6. The van der Waals surface area contributed by atoms with Gasteiger partial charge in [-0.3, -0.25) is 14.9 Å². The normalized spacial score (nSPS) is 11.6. The predicted molar refractivity (Wildman–Crippen MR) is 81.9 cm³/mol. The fraction of sp³-hybridized carbons (Fsp3) is 0.583. The van der Waals surface area contributed by atoms with Crippen LogP contribution >= 0.6 is 31.9 Å². The molecule has 0 aliphatic heterocycles. The standard InChI is InChI=1S/C12H16Br2N2O3/c1-3-12(4-2,7-13)8-15-6-9(16(18)19)5-10(14)11(15)17/h5-6H,3-4,7-8H2,1-2H3. The molecule has 0 saturated heterocycles. The molecule has 0 unspecified atom stereocenters. The van der Waals surface area contributed by atoms with Gasteiger partial charge in [0.15, 0.2) is 0 Å². The second-order valence-electron chi connectivity index (χ2n) is 4.58. The van der Waals surface area contributed by atoms with Crippen molar-refractivity contribution in [1.29, 1.82) is 0 Å². The molecule has 0 amide bonds. The van der Waals surface area contributed by atoms with Crippen LogP contribution in [0.25, 0.3) is 0 Å². The Kier molecular flexibility index (Phi) is 5.73. The molecule has 0 aromatic carbocycles. The number of pyridine rings is 1. The molecule has 0 spiro atoms. The van der Waals surface area contributed by atoms with Gasteiger partial charge >= 0.3 is 0 Å². The SMILES string of the molecule is CCC(CC)(CBr)Cn1cc([N+](=O)[O-])cc(Br)c1=O. The zero-order chi connectivity index (χ0) is 14.6. The monoisotopic (exact) mass is 394 g/mol. The van der Waals surface area contributed by atoms with Crippen LogP contribution in [0.15, 0.2) is 21.5 Å². The summed E-state index contributed by atoms with van der Waals surface area (Å²) in [4.78, 5) is 22.4. The molecule has 5 nitrogen and oxygen atoms in total. The Hall–Kier alpha value is -0.690. The summed E-state index contributed by atoms with van der Waals surface area (Å²) < 4.78 is 1.65. The molecule has 0 saturated carbocycles. The topological polar surface area (TPSA) is 65.1 Å². The zero-order valence-corrected chi connectivity index (χ0v) is 14.0. The summed E-state index contributed by atoms with van der Waals surface area (Å²) in [6, 6.07) is 1.24. The molecule has 0 aliphatic rings. The van der Waals surface area contributed by atoms with Gasteiger partial charge in [0, 0.05) is 17.9 Å². The van der Waals surface area contributed by atoms with Crippen LogP contribution in [0.2, 0.25) is 0 Å². The summed E-state index contributed by atoms with van der Waals surface area (Å²) in [5, 5.41) is 11.6. The number of aromatic nitrogens is 1. The molecule has 0 fully saturated rings. The molecular weight excluding hydrogens is 380 g/mol. The number of nitrogens with zero attached hydrogens (tertiary/aromatic N) is 2. The molecule has 19 heavy (non-hydrogen) atoms. The van der Waals surface area contributed by atoms with E-state index in [0.717, 1.165) is 18.2 Å². The molecule has 1 aromatic heterocycles. The van der Waals surface area contributed by atoms with Crippen LogP contribution in [0.1, 0.15) is 26.7 Å². The molecule has 0 atom stereocenters. The fourth-order valence-corrected chi connectivity index (χ4v) is 3.30. The van der Waals surface area contributed by atoms with Crippen molar-refractivity contribution in [2.75, 3.05) is 5.33 Å². The maximum Gasteiger partial charge on any atom is 0.286 e. The van der Waals surface area contributed by atoms with E-state index in [9.17, 15) is 14.9 Å². The van der Waals surface area contributed by atoms with Crippen molar-refractivity contribution < 1.29 is 4.92 Å². The van der Waals surface area contributed by atoms with Crippen molar-refractivity contribution in [3.05, 3.63) is 37.2 Å². The van der Waals surface area contributed by atoms with Gasteiger partial charge in [0.1, 0.15) is 0 Å². The van der Waals surface area contributed by atoms with Crippen molar-refractivity contribution >= 4 is 37.5 Å². The number of hydrogen-bond acceptors (Lipinski definition) is 3. The van der Waals surface area contributed by atoms with Gasteiger partial charge in [-0.15, -0.1) is 0 Å². The van der Waals surface area contributed by atoms with E-state index in [0.29, 0.717) is 6.54 Å². The Labute approximate surface area is 128 Å². The molecule has 0 aliphatic carbocycles. The van der Waals surface area contributed by atoms with E-state index in [2.05, 4.69) is 45.7 Å². The predicted octanol–water partition coefficient (Wildman–Crippen LogP) is 3.72. The fourth-order valence-electron chi connectivity index (χ4n) is 1.87. The third-order valence-electron chi connectivity index (χ3n) is 3.53. The average molecular weight is 396 g/mol. The molecule has 1 heterocycles. The molecule has 0 radical (unpaired) electrons. The molecule has 0 bridgehead atoms. The number of halogens is 2. The Morgan fingerprint density at radius 1 is 1.42 bits per heavy atom. The Morgan fingerprint density at radius 2 is 2.00 bits per heavy atom. The minimum atomic E-state index is -0.492. The molecule has 7 heteroatoms. The first kappa shape index (κ1) is 16.4. The molecule has 1 rings (SSSR count). The maximum absolute atomic E-state index is 12.0. The van der Waals surface area contributed by atoms with Crippen molar-refractivity contribution in [2.24, 2.45) is 5.41 Å². The van der Waals surface area contributed by atoms with E-state index in [1.54, 1.807) is 0 Å². The smallest absolute Gasteiger partial charge is 0.286 e. The number of alkyl halides is 1. The third kappa shape index (κ3) is 3.66. The lowest BCUT2D eigenvalue weighted by Crippen LogP contribution is -2.33. The number of hydrogen-bond donors (Lipinski definition) is 0. The van der Waals surface area contributed by atoms with Gasteiger partial charge in [-0.1, -0.05) is 29.8 Å². The van der Waals surface area contributed by atoms with Gasteiger partial charge in [0.25, 0.3) is 11.2 Å². The minimum absolute atomic E-state index is 0.0709. The van der Waals surface area contributed by atoms with Crippen LogP contribution in [-0.4, -0.2) is 14.8 Å². The molecular formula is C12H16Br2N2O3. The Balaban J connectivity index is 3.27. The lowest BCUT2D eigenvalue weighted by atomic mass is 9.84. The van der Waals surface area contributed by atoms with Crippen molar-refractivity contribution in [1.82, 2.24) is 4.57 Å². The van der Waals surface area contributed by atoms with Gasteiger partial charge in [-0.05, 0) is 34.2 Å². The quantitative estimate of drug-likeness (QED) is 0.418. The van der Waals surface area contributed by atoms with E-state index < -0.39 is 4.92 Å². The van der Waals surface area contributed by atoms with E-state index in [4.69, 9.17) is 0 Å². The van der Waals surface area contributed by atoms with Crippen LogP contribution < -0.4 is 5.56 Å². The highest BCUT2D eigenvalue weighted by Gasteiger charge is 2.27. The van der Waals surface area contributed by atoms with E-state index >= 15 is 0 Å². The van der Waals surface area contributed by atoms with E-state index in [1.807, 2.05) is 0 Å². The maximum atomic E-state index is 12.0. The molecule has 0 N–H and O–H groups in total. The van der Waals surface area contributed by atoms with Crippen molar-refractivity contribution in [3.63, 3.8) is 0 Å². The summed E-state index contributed by atoms with van der Waals surface area (Å²) in [6.45, 7) is 4.58. The van der Waals surface area contributed by atoms with Crippen LogP contribution in [0.3, 0.4) is 0 Å². The van der Waals surface area contributed by atoms with Crippen LogP contribution in [0.4, 0.5) is 5.69 Å². The highest BCUT2D eigenvalue weighted by atomic mass is 79.9. The van der Waals surface area contributed by atoms with Crippen molar-refractivity contribution in [2.45, 2.75) is 33.2 Å². The van der Waals surface area contributed by atoms with Crippen LogP contribution in [0, 0.1) is 15.5 Å². The largest absolute Gasteiger partial charge is 0.307 e. The second kappa shape index (κ2) is 6.65. The first-order chi connectivity index (χ1) is 8.89. The van der Waals surface area contributed by atoms with Gasteiger partial charge in [0.05, 0.1) is 15.6 Å². The van der Waals surface area contributed by atoms with E-state index in [1.165, 1.54) is 16.8 Å². The summed E-state index contributed by atoms with van der Waals surface area (Å²) >= 11 is 6.57. The molecule has 106 valence electrons. The average Bonchev–Trinajstić information content (AvgIpc) is 2.40. The van der Waals surface area contributed by atoms with E-state index in [-0.39, 0.29) is 21.1 Å². The van der Waals surface area contributed by atoms with Gasteiger partial charge in [0.2, 0.25) is 0 Å². The number of nitro groups is 1. The zero-order valence-electron chi connectivity index (χ0n) is 10.9. The summed E-state index contributed by atoms with van der Waals surface area (Å²) in [7, 11) is 0. The van der Waals surface area contributed by atoms with Crippen LogP contribution in [0.5, 0.6) is 0 Å². The van der Waals surface area contributed by atoms with Crippen molar-refractivity contribution in [3.8, 4) is 0 Å².